The van der Waals surface area contributed by atoms with Gasteiger partial charge >= 0.3 is 12.0 Å². The number of halogens is 1. The van der Waals surface area contributed by atoms with E-state index in [9.17, 15) is 14.7 Å². The van der Waals surface area contributed by atoms with Crippen LogP contribution in [-0.4, -0.2) is 39.3 Å². The van der Waals surface area contributed by atoms with Crippen molar-refractivity contribution in [1.29, 1.82) is 0 Å². The maximum Gasteiger partial charge on any atom is 0.337 e. The third kappa shape index (κ3) is 4.49. The minimum absolute atomic E-state index is 0.408. The molecule has 0 fully saturated rings. The maximum atomic E-state index is 11.6. The van der Waals surface area contributed by atoms with E-state index in [0.29, 0.717) is 15.9 Å². The Bertz CT molecular complexity index is 505. The molecule has 1 unspecified atom stereocenters. The lowest BCUT2D eigenvalue weighted by Crippen LogP contribution is -2.47. The molecule has 8 heteroatoms. The van der Waals surface area contributed by atoms with Crippen molar-refractivity contribution >= 4 is 33.6 Å². The van der Waals surface area contributed by atoms with Crippen LogP contribution in [0.2, 0.25) is 0 Å². The molecule has 0 aliphatic carbocycles. The molecule has 7 nitrogen and oxygen atoms in total. The molecular weight excluding hydrogens is 318 g/mol. The summed E-state index contributed by atoms with van der Waals surface area (Å²) in [6.45, 7) is 2.41. The van der Waals surface area contributed by atoms with Crippen molar-refractivity contribution in [2.45, 2.75) is 19.4 Å². The molecule has 104 valence electrons. The summed E-state index contributed by atoms with van der Waals surface area (Å²) < 4.78 is 0.700. The van der Waals surface area contributed by atoms with E-state index >= 15 is 0 Å². The highest BCUT2D eigenvalue weighted by molar-refractivity contribution is 9.10. The molecule has 1 heterocycles. The van der Waals surface area contributed by atoms with Crippen LogP contribution >= 0.6 is 15.9 Å². The van der Waals surface area contributed by atoms with E-state index in [1.165, 1.54) is 0 Å². The van der Waals surface area contributed by atoms with Crippen LogP contribution in [0.15, 0.2) is 16.7 Å². The van der Waals surface area contributed by atoms with Crippen LogP contribution in [0, 0.1) is 6.92 Å². The molecule has 0 spiro atoms. The molecular formula is C11H14BrN3O4. The number of nitrogens with one attached hydrogen (secondary N) is 2. The molecule has 1 atom stereocenters. The summed E-state index contributed by atoms with van der Waals surface area (Å²) in [6, 6.07) is 1.04. The van der Waals surface area contributed by atoms with Gasteiger partial charge in [0, 0.05) is 10.7 Å². The highest BCUT2D eigenvalue weighted by Crippen LogP contribution is 2.17. The lowest BCUT2D eigenvalue weighted by atomic mass is 10.1. The third-order valence-electron chi connectivity index (χ3n) is 2.36. The monoisotopic (exact) mass is 331 g/mol. The second-order valence-corrected chi connectivity index (χ2v) is 5.09. The van der Waals surface area contributed by atoms with Gasteiger partial charge < -0.3 is 20.8 Å². The number of anilines is 1. The molecule has 0 aliphatic rings. The smallest absolute Gasteiger partial charge is 0.337 e. The van der Waals surface area contributed by atoms with Crippen molar-refractivity contribution in [3.8, 4) is 0 Å². The zero-order valence-electron chi connectivity index (χ0n) is 10.4. The highest BCUT2D eigenvalue weighted by atomic mass is 79.9. The largest absolute Gasteiger partial charge is 0.479 e. The number of nitrogens with zero attached hydrogens (tertiary/aromatic N) is 1. The van der Waals surface area contributed by atoms with Crippen LogP contribution in [0.4, 0.5) is 10.5 Å². The normalized spacial score (nSPS) is 13.5. The van der Waals surface area contributed by atoms with Crippen LogP contribution < -0.4 is 10.6 Å². The van der Waals surface area contributed by atoms with E-state index in [0.717, 1.165) is 6.92 Å². The first-order valence-electron chi connectivity index (χ1n) is 5.35. The number of hydrogen-bond donors (Lipinski definition) is 4. The lowest BCUT2D eigenvalue weighted by molar-refractivity contribution is -0.155. The number of hydrogen-bond acceptors (Lipinski definition) is 4. The third-order valence-corrected chi connectivity index (χ3v) is 2.79. The Hall–Kier alpha value is -1.67. The van der Waals surface area contributed by atoms with Gasteiger partial charge in [-0.05, 0) is 35.8 Å². The van der Waals surface area contributed by atoms with Gasteiger partial charge in [-0.3, -0.25) is 4.98 Å². The van der Waals surface area contributed by atoms with Gasteiger partial charge in [0.1, 0.15) is 0 Å². The number of aliphatic hydroxyl groups is 1. The number of carbonyl (C=O) groups is 2. The Morgan fingerprint density at radius 1 is 1.53 bits per heavy atom. The summed E-state index contributed by atoms with van der Waals surface area (Å²) in [7, 11) is 0. The fourth-order valence-electron chi connectivity index (χ4n) is 1.13. The number of pyridine rings is 1. The summed E-state index contributed by atoms with van der Waals surface area (Å²) in [4.78, 5) is 26.3. The van der Waals surface area contributed by atoms with Crippen molar-refractivity contribution in [3.05, 3.63) is 22.4 Å². The summed E-state index contributed by atoms with van der Waals surface area (Å²) in [6.07, 6.45) is 1.59. The Morgan fingerprint density at radius 2 is 2.16 bits per heavy atom. The van der Waals surface area contributed by atoms with Crippen molar-refractivity contribution in [2.75, 3.05) is 11.9 Å². The van der Waals surface area contributed by atoms with Gasteiger partial charge in [0.15, 0.2) is 5.60 Å². The topological polar surface area (TPSA) is 112 Å². The molecule has 0 aromatic carbocycles. The van der Waals surface area contributed by atoms with Crippen molar-refractivity contribution in [3.63, 3.8) is 0 Å². The summed E-state index contributed by atoms with van der Waals surface area (Å²) in [5.41, 5.74) is -0.910. The summed E-state index contributed by atoms with van der Waals surface area (Å²) >= 11 is 3.22. The lowest BCUT2D eigenvalue weighted by Gasteiger charge is -2.18. The quantitative estimate of drug-likeness (QED) is 0.660. The van der Waals surface area contributed by atoms with Gasteiger partial charge in [-0.25, -0.2) is 9.59 Å². The molecule has 1 rings (SSSR count). The minimum atomic E-state index is -2.01. The Kier molecular flexibility index (Phi) is 4.84. The average molecular weight is 332 g/mol. The average Bonchev–Trinajstić information content (AvgIpc) is 2.31. The molecule has 1 aromatic heterocycles. The zero-order valence-corrected chi connectivity index (χ0v) is 12.0. The molecule has 0 saturated heterocycles. The number of carboxylic acids is 1. The number of aryl methyl sites for hydroxylation is 1. The second-order valence-electron chi connectivity index (χ2n) is 4.17. The molecule has 4 N–H and O–H groups in total. The van der Waals surface area contributed by atoms with E-state index in [2.05, 4.69) is 31.5 Å². The first kappa shape index (κ1) is 15.4. The number of aromatic nitrogens is 1. The van der Waals surface area contributed by atoms with Gasteiger partial charge in [-0.1, -0.05) is 0 Å². The number of carbonyl (C=O) groups excluding carboxylic acids is 1. The summed E-state index contributed by atoms with van der Waals surface area (Å²) in [5.74, 6) is -1.41. The van der Waals surface area contributed by atoms with Crippen molar-refractivity contribution in [1.82, 2.24) is 10.3 Å². The molecule has 0 radical (unpaired) electrons. The SMILES string of the molecule is Cc1ncc(Br)cc1NC(=O)NCC(C)(O)C(=O)O. The molecule has 0 bridgehead atoms. The molecule has 0 aliphatic heterocycles. The highest BCUT2D eigenvalue weighted by Gasteiger charge is 2.30. The van der Waals surface area contributed by atoms with Crippen LogP contribution in [0.3, 0.4) is 0 Å². The molecule has 0 saturated carbocycles. The van der Waals surface area contributed by atoms with Gasteiger partial charge in [-0.2, -0.15) is 0 Å². The number of aliphatic carboxylic acids is 1. The van der Waals surface area contributed by atoms with Crippen LogP contribution in [0.1, 0.15) is 12.6 Å². The number of carboxylic acid groups (broad SMARTS) is 1. The fraction of sp³-hybridized carbons (Fsp3) is 0.364. The first-order valence-corrected chi connectivity index (χ1v) is 6.14. The van der Waals surface area contributed by atoms with E-state index in [-0.39, 0.29) is 0 Å². The summed E-state index contributed by atoms with van der Waals surface area (Å²) in [5, 5.41) is 22.9. The van der Waals surface area contributed by atoms with Crippen LogP contribution in [0.5, 0.6) is 0 Å². The van der Waals surface area contributed by atoms with Gasteiger partial charge in [0.2, 0.25) is 0 Å². The molecule has 1 aromatic rings. The number of amides is 2. The predicted octanol–water partition coefficient (Wildman–Crippen LogP) is 1.11. The predicted molar refractivity (Wildman–Crippen MR) is 72.0 cm³/mol. The number of urea groups is 1. The van der Waals surface area contributed by atoms with Crippen molar-refractivity contribution in [2.24, 2.45) is 0 Å². The first-order chi connectivity index (χ1) is 8.72. The zero-order chi connectivity index (χ0) is 14.6. The molecule has 19 heavy (non-hydrogen) atoms. The van der Waals surface area contributed by atoms with E-state index < -0.39 is 24.1 Å². The Balaban J connectivity index is 2.61. The Morgan fingerprint density at radius 3 is 2.74 bits per heavy atom. The second kappa shape index (κ2) is 5.98. The van der Waals surface area contributed by atoms with E-state index in [4.69, 9.17) is 5.11 Å². The van der Waals surface area contributed by atoms with E-state index in [1.54, 1.807) is 19.2 Å². The van der Waals surface area contributed by atoms with Crippen LogP contribution in [-0.2, 0) is 4.79 Å². The standard InChI is InChI=1S/C11H14BrN3O4/c1-6-8(3-7(12)4-13-6)15-10(18)14-5-11(2,19)9(16)17/h3-4,19H,5H2,1-2H3,(H,16,17)(H2,14,15,18). The van der Waals surface area contributed by atoms with E-state index in [1.807, 2.05) is 0 Å². The van der Waals surface area contributed by atoms with Gasteiger partial charge in [-0.15, -0.1) is 0 Å². The van der Waals surface area contributed by atoms with Crippen molar-refractivity contribution < 1.29 is 19.8 Å². The van der Waals surface area contributed by atoms with Gasteiger partial charge in [0.25, 0.3) is 0 Å². The fourth-order valence-corrected chi connectivity index (χ4v) is 1.46. The Labute approximate surface area is 118 Å². The van der Waals surface area contributed by atoms with Crippen LogP contribution in [0.25, 0.3) is 0 Å². The minimum Gasteiger partial charge on any atom is -0.479 e. The molecule has 2 amide bonds. The van der Waals surface area contributed by atoms with Gasteiger partial charge in [0.05, 0.1) is 17.9 Å². The maximum absolute atomic E-state index is 11.6. The number of rotatable bonds is 4.